The molecule has 1 unspecified atom stereocenters. The number of hydrogen-bond acceptors (Lipinski definition) is 5. The van der Waals surface area contributed by atoms with E-state index in [9.17, 15) is 14.7 Å². The van der Waals surface area contributed by atoms with E-state index in [1.807, 2.05) is 62.4 Å². The first kappa shape index (κ1) is 24.1. The summed E-state index contributed by atoms with van der Waals surface area (Å²) in [4.78, 5) is 28.1. The van der Waals surface area contributed by atoms with Gasteiger partial charge in [-0.1, -0.05) is 54.1 Å². The number of methoxy groups -OCH3 is 2. The molecule has 1 saturated heterocycles. The van der Waals surface area contributed by atoms with Crippen LogP contribution in [0.25, 0.3) is 5.76 Å². The van der Waals surface area contributed by atoms with Gasteiger partial charge in [0.15, 0.2) is 11.5 Å². The highest BCUT2D eigenvalue weighted by Gasteiger charge is 2.46. The van der Waals surface area contributed by atoms with Crippen LogP contribution in [-0.4, -0.2) is 42.5 Å². The zero-order chi connectivity index (χ0) is 25.1. The minimum Gasteiger partial charge on any atom is -0.507 e. The molecule has 1 heterocycles. The Bertz CT molecular complexity index is 1300. The maximum Gasteiger partial charge on any atom is 0.295 e. The van der Waals surface area contributed by atoms with E-state index in [-0.39, 0.29) is 11.3 Å². The minimum atomic E-state index is -0.765. The van der Waals surface area contributed by atoms with Gasteiger partial charge in [0, 0.05) is 12.1 Å². The molecule has 3 aromatic carbocycles. The lowest BCUT2D eigenvalue weighted by atomic mass is 9.93. The van der Waals surface area contributed by atoms with Gasteiger partial charge in [0.2, 0.25) is 0 Å². The fourth-order valence-corrected chi connectivity index (χ4v) is 4.51. The first-order valence-electron chi connectivity index (χ1n) is 11.5. The molecule has 1 fully saturated rings. The number of carbonyl (C=O) groups is 2. The summed E-state index contributed by atoms with van der Waals surface area (Å²) in [6.07, 6.45) is 0.571. The van der Waals surface area contributed by atoms with Crippen LogP contribution in [0.2, 0.25) is 0 Å². The van der Waals surface area contributed by atoms with Crippen LogP contribution in [-0.2, 0) is 16.0 Å². The van der Waals surface area contributed by atoms with Gasteiger partial charge in [0.25, 0.3) is 11.7 Å². The predicted molar refractivity (Wildman–Crippen MR) is 135 cm³/mol. The fourth-order valence-electron chi connectivity index (χ4n) is 4.51. The fraction of sp³-hybridized carbons (Fsp3) is 0.241. The molecule has 0 radical (unpaired) electrons. The Morgan fingerprint density at radius 2 is 1.63 bits per heavy atom. The molecule has 1 amide bonds. The molecule has 0 aliphatic carbocycles. The van der Waals surface area contributed by atoms with E-state index in [4.69, 9.17) is 9.47 Å². The number of aliphatic hydroxyl groups is 1. The SMILES string of the molecule is COc1ccc(C2/C(=C(\O)c3cc(C)ccc3C)C(=O)C(=O)N2CCc2ccccc2)cc1OC. The molecule has 1 aliphatic heterocycles. The molecule has 0 spiro atoms. The van der Waals surface area contributed by atoms with Crippen molar-refractivity contribution in [2.45, 2.75) is 26.3 Å². The number of aliphatic hydroxyl groups excluding tert-OH is 1. The highest BCUT2D eigenvalue weighted by molar-refractivity contribution is 6.46. The molecule has 0 bridgehead atoms. The van der Waals surface area contributed by atoms with Gasteiger partial charge < -0.3 is 19.5 Å². The third kappa shape index (κ3) is 4.64. The molecule has 1 atom stereocenters. The summed E-state index contributed by atoms with van der Waals surface area (Å²) in [7, 11) is 3.08. The smallest absolute Gasteiger partial charge is 0.295 e. The quantitative estimate of drug-likeness (QED) is 0.299. The van der Waals surface area contributed by atoms with E-state index in [0.717, 1.165) is 16.7 Å². The maximum atomic E-state index is 13.3. The zero-order valence-corrected chi connectivity index (χ0v) is 20.4. The summed E-state index contributed by atoms with van der Waals surface area (Å²) in [5, 5.41) is 11.4. The van der Waals surface area contributed by atoms with Crippen molar-refractivity contribution in [2.24, 2.45) is 0 Å². The van der Waals surface area contributed by atoms with Crippen LogP contribution >= 0.6 is 0 Å². The molecule has 180 valence electrons. The van der Waals surface area contributed by atoms with Crippen LogP contribution in [0, 0.1) is 13.8 Å². The van der Waals surface area contributed by atoms with E-state index in [2.05, 4.69) is 0 Å². The van der Waals surface area contributed by atoms with Crippen LogP contribution in [0.1, 0.15) is 33.9 Å². The number of aryl methyl sites for hydroxylation is 2. The normalized spacial score (nSPS) is 17.0. The number of ether oxygens (including phenoxy) is 2. The van der Waals surface area contributed by atoms with Gasteiger partial charge in [0.05, 0.1) is 25.8 Å². The molecule has 6 heteroatoms. The second-order valence-corrected chi connectivity index (χ2v) is 8.66. The standard InChI is InChI=1S/C29H29NO5/c1-18-10-11-19(2)22(16-18)27(31)25-26(21-12-13-23(34-3)24(17-21)35-4)30(29(33)28(25)32)15-14-20-8-6-5-7-9-20/h5-13,16-17,26,31H,14-15H2,1-4H3/b27-25+. The number of likely N-dealkylation sites (tertiary alicyclic amines) is 1. The van der Waals surface area contributed by atoms with Crippen LogP contribution in [0.15, 0.2) is 72.3 Å². The molecule has 6 nitrogen and oxygen atoms in total. The Kier molecular flexibility index (Phi) is 6.92. The van der Waals surface area contributed by atoms with Crippen LogP contribution in [0.5, 0.6) is 11.5 Å². The maximum absolute atomic E-state index is 13.3. The van der Waals surface area contributed by atoms with Crippen molar-refractivity contribution in [2.75, 3.05) is 20.8 Å². The van der Waals surface area contributed by atoms with Gasteiger partial charge in [-0.2, -0.15) is 0 Å². The Labute approximate surface area is 205 Å². The average molecular weight is 472 g/mol. The summed E-state index contributed by atoms with van der Waals surface area (Å²) in [5.74, 6) is -0.493. The monoisotopic (exact) mass is 471 g/mol. The first-order valence-corrected chi connectivity index (χ1v) is 11.5. The van der Waals surface area contributed by atoms with E-state index < -0.39 is 17.7 Å². The average Bonchev–Trinajstić information content (AvgIpc) is 3.13. The van der Waals surface area contributed by atoms with Gasteiger partial charge in [-0.3, -0.25) is 9.59 Å². The van der Waals surface area contributed by atoms with Gasteiger partial charge in [0.1, 0.15) is 5.76 Å². The minimum absolute atomic E-state index is 0.0731. The number of ketones is 1. The molecule has 4 rings (SSSR count). The molecule has 35 heavy (non-hydrogen) atoms. The lowest BCUT2D eigenvalue weighted by Gasteiger charge is -2.26. The van der Waals surface area contributed by atoms with Crippen molar-refractivity contribution in [3.05, 3.63) is 100 Å². The summed E-state index contributed by atoms with van der Waals surface area (Å²) in [6, 6.07) is 20.0. The third-order valence-corrected chi connectivity index (χ3v) is 6.40. The van der Waals surface area contributed by atoms with E-state index >= 15 is 0 Å². The summed E-state index contributed by atoms with van der Waals surface area (Å²) < 4.78 is 10.8. The third-order valence-electron chi connectivity index (χ3n) is 6.40. The number of rotatable bonds is 7. The zero-order valence-electron chi connectivity index (χ0n) is 20.4. The first-order chi connectivity index (χ1) is 16.8. The second-order valence-electron chi connectivity index (χ2n) is 8.66. The van der Waals surface area contributed by atoms with Gasteiger partial charge in [-0.25, -0.2) is 0 Å². The van der Waals surface area contributed by atoms with E-state index in [1.54, 1.807) is 25.3 Å². The number of nitrogens with zero attached hydrogens (tertiary/aromatic N) is 1. The van der Waals surface area contributed by atoms with Crippen LogP contribution < -0.4 is 9.47 Å². The van der Waals surface area contributed by atoms with Crippen molar-refractivity contribution in [1.82, 2.24) is 4.90 Å². The molecule has 3 aromatic rings. The van der Waals surface area contributed by atoms with Crippen molar-refractivity contribution >= 4 is 17.4 Å². The Morgan fingerprint density at radius 3 is 2.31 bits per heavy atom. The summed E-state index contributed by atoms with van der Waals surface area (Å²) in [6.45, 7) is 4.10. The molecular formula is C29H29NO5. The largest absolute Gasteiger partial charge is 0.507 e. The molecular weight excluding hydrogens is 442 g/mol. The molecule has 0 aromatic heterocycles. The van der Waals surface area contributed by atoms with Crippen molar-refractivity contribution in [1.29, 1.82) is 0 Å². The second kappa shape index (κ2) is 10.1. The van der Waals surface area contributed by atoms with Crippen LogP contribution in [0.3, 0.4) is 0 Å². The number of carbonyl (C=O) groups excluding carboxylic acids is 2. The number of amides is 1. The summed E-state index contributed by atoms with van der Waals surface area (Å²) in [5.41, 5.74) is 4.07. The van der Waals surface area contributed by atoms with Gasteiger partial charge >= 0.3 is 0 Å². The Balaban J connectivity index is 1.86. The highest BCUT2D eigenvalue weighted by Crippen LogP contribution is 2.42. The van der Waals surface area contributed by atoms with Crippen LogP contribution in [0.4, 0.5) is 0 Å². The summed E-state index contributed by atoms with van der Waals surface area (Å²) >= 11 is 0. The Hall–Kier alpha value is -4.06. The molecule has 1 N–H and O–H groups in total. The van der Waals surface area contributed by atoms with Crippen molar-refractivity contribution < 1.29 is 24.2 Å². The van der Waals surface area contributed by atoms with Gasteiger partial charge in [-0.05, 0) is 55.2 Å². The number of Topliss-reactive ketones (excluding diaryl/α,β-unsaturated/α-hetero) is 1. The van der Waals surface area contributed by atoms with Gasteiger partial charge in [-0.15, -0.1) is 0 Å². The van der Waals surface area contributed by atoms with E-state index in [1.165, 1.54) is 12.0 Å². The number of benzene rings is 3. The lowest BCUT2D eigenvalue weighted by Crippen LogP contribution is -2.31. The predicted octanol–water partition coefficient (Wildman–Crippen LogP) is 4.99. The Morgan fingerprint density at radius 1 is 0.914 bits per heavy atom. The van der Waals surface area contributed by atoms with Crippen molar-refractivity contribution in [3.63, 3.8) is 0 Å². The molecule has 0 saturated carbocycles. The lowest BCUT2D eigenvalue weighted by molar-refractivity contribution is -0.139. The van der Waals surface area contributed by atoms with E-state index in [0.29, 0.717) is 35.6 Å². The topological polar surface area (TPSA) is 76.1 Å². The highest BCUT2D eigenvalue weighted by atomic mass is 16.5. The molecule has 1 aliphatic rings. The van der Waals surface area contributed by atoms with Crippen molar-refractivity contribution in [3.8, 4) is 11.5 Å². The number of hydrogen-bond donors (Lipinski definition) is 1.